The molecule has 0 bridgehead atoms. The van der Waals surface area contributed by atoms with Crippen molar-refractivity contribution >= 4 is 11.0 Å². The van der Waals surface area contributed by atoms with Gasteiger partial charge in [0, 0.05) is 6.04 Å². The van der Waals surface area contributed by atoms with Crippen molar-refractivity contribution in [1.29, 1.82) is 0 Å². The van der Waals surface area contributed by atoms with E-state index >= 15 is 0 Å². The van der Waals surface area contributed by atoms with Gasteiger partial charge < -0.3 is 4.57 Å². The van der Waals surface area contributed by atoms with E-state index in [9.17, 15) is 0 Å². The Morgan fingerprint density at radius 1 is 1.25 bits per heavy atom. The Hall–Kier alpha value is -1.31. The van der Waals surface area contributed by atoms with Crippen molar-refractivity contribution in [2.24, 2.45) is 0 Å². The third-order valence-corrected chi connectivity index (χ3v) is 3.15. The van der Waals surface area contributed by atoms with Gasteiger partial charge in [0.2, 0.25) is 0 Å². The average molecular weight is 216 g/mol. The predicted molar refractivity (Wildman–Crippen MR) is 69.0 cm³/mol. The van der Waals surface area contributed by atoms with Crippen molar-refractivity contribution < 1.29 is 0 Å². The third-order valence-electron chi connectivity index (χ3n) is 3.15. The minimum Gasteiger partial charge on any atom is -0.326 e. The Kier molecular flexibility index (Phi) is 2.75. The van der Waals surface area contributed by atoms with Gasteiger partial charge in [-0.1, -0.05) is 13.0 Å². The average Bonchev–Trinajstić information content (AvgIpc) is 2.54. The van der Waals surface area contributed by atoms with Gasteiger partial charge in [-0.25, -0.2) is 4.98 Å². The summed E-state index contributed by atoms with van der Waals surface area (Å²) in [6, 6.07) is 5.00. The molecule has 16 heavy (non-hydrogen) atoms. The van der Waals surface area contributed by atoms with Crippen LogP contribution in [0.15, 0.2) is 12.1 Å². The topological polar surface area (TPSA) is 17.8 Å². The summed E-state index contributed by atoms with van der Waals surface area (Å²) < 4.78 is 2.32. The molecule has 0 saturated heterocycles. The zero-order chi connectivity index (χ0) is 11.9. The second kappa shape index (κ2) is 3.93. The molecule has 1 heterocycles. The zero-order valence-electron chi connectivity index (χ0n) is 10.8. The lowest BCUT2D eigenvalue weighted by Crippen LogP contribution is -2.02. The van der Waals surface area contributed by atoms with Gasteiger partial charge >= 0.3 is 0 Å². The fourth-order valence-electron chi connectivity index (χ4n) is 2.41. The van der Waals surface area contributed by atoms with E-state index in [2.05, 4.69) is 56.3 Å². The van der Waals surface area contributed by atoms with Crippen LogP contribution in [0, 0.1) is 13.8 Å². The SMILES string of the molecule is CCc1cc(C)c2nc(C)n(C(C)C)c2c1. The van der Waals surface area contributed by atoms with Crippen LogP contribution in [0.5, 0.6) is 0 Å². The zero-order valence-corrected chi connectivity index (χ0v) is 10.8. The minimum atomic E-state index is 0.469. The number of nitrogens with zero attached hydrogens (tertiary/aromatic N) is 2. The molecule has 0 amide bonds. The van der Waals surface area contributed by atoms with Crippen LogP contribution in [0.25, 0.3) is 11.0 Å². The molecular weight excluding hydrogens is 196 g/mol. The Morgan fingerprint density at radius 2 is 1.94 bits per heavy atom. The lowest BCUT2D eigenvalue weighted by Gasteiger charge is -2.11. The molecule has 0 aliphatic rings. The molecule has 0 unspecified atom stereocenters. The number of fused-ring (bicyclic) bond motifs is 1. The molecule has 0 aliphatic heterocycles. The molecule has 1 aromatic carbocycles. The molecule has 0 fully saturated rings. The summed E-state index contributed by atoms with van der Waals surface area (Å²) in [7, 11) is 0. The van der Waals surface area contributed by atoms with E-state index in [1.165, 1.54) is 16.6 Å². The van der Waals surface area contributed by atoms with E-state index in [0.717, 1.165) is 17.8 Å². The second-order valence-corrected chi connectivity index (χ2v) is 4.76. The fraction of sp³-hybridized carbons (Fsp3) is 0.500. The Balaban J connectivity index is 2.81. The van der Waals surface area contributed by atoms with Crippen LogP contribution >= 0.6 is 0 Å². The van der Waals surface area contributed by atoms with E-state index < -0.39 is 0 Å². The lowest BCUT2D eigenvalue weighted by molar-refractivity contribution is 0.600. The highest BCUT2D eigenvalue weighted by atomic mass is 15.1. The summed E-state index contributed by atoms with van der Waals surface area (Å²) in [6.45, 7) is 10.9. The number of hydrogen-bond acceptors (Lipinski definition) is 1. The van der Waals surface area contributed by atoms with Crippen molar-refractivity contribution in [2.75, 3.05) is 0 Å². The molecule has 2 aromatic rings. The van der Waals surface area contributed by atoms with E-state index in [1.54, 1.807) is 0 Å². The highest BCUT2D eigenvalue weighted by Gasteiger charge is 2.12. The smallest absolute Gasteiger partial charge is 0.106 e. The second-order valence-electron chi connectivity index (χ2n) is 4.76. The van der Waals surface area contributed by atoms with Gasteiger partial charge in [-0.05, 0) is 51.3 Å². The molecule has 1 aromatic heterocycles. The molecule has 86 valence electrons. The quantitative estimate of drug-likeness (QED) is 0.746. The van der Waals surface area contributed by atoms with Gasteiger partial charge in [-0.2, -0.15) is 0 Å². The Labute approximate surface area is 97.3 Å². The summed E-state index contributed by atoms with van der Waals surface area (Å²) in [5, 5.41) is 0. The van der Waals surface area contributed by atoms with Crippen LogP contribution in [0.3, 0.4) is 0 Å². The predicted octanol–water partition coefficient (Wildman–Crippen LogP) is 3.80. The molecule has 2 rings (SSSR count). The van der Waals surface area contributed by atoms with Crippen molar-refractivity contribution in [3.8, 4) is 0 Å². The van der Waals surface area contributed by atoms with E-state index in [-0.39, 0.29) is 0 Å². The van der Waals surface area contributed by atoms with E-state index in [4.69, 9.17) is 0 Å². The number of rotatable bonds is 2. The van der Waals surface area contributed by atoms with Gasteiger partial charge in [0.05, 0.1) is 11.0 Å². The number of imidazole rings is 1. The van der Waals surface area contributed by atoms with Crippen molar-refractivity contribution in [2.45, 2.75) is 47.1 Å². The first-order chi connectivity index (χ1) is 7.54. The first-order valence-electron chi connectivity index (χ1n) is 6.02. The van der Waals surface area contributed by atoms with Gasteiger partial charge in [-0.15, -0.1) is 0 Å². The first-order valence-corrected chi connectivity index (χ1v) is 6.02. The largest absolute Gasteiger partial charge is 0.326 e. The Bertz CT molecular complexity index is 521. The van der Waals surface area contributed by atoms with Gasteiger partial charge in [0.25, 0.3) is 0 Å². The molecule has 0 spiro atoms. The van der Waals surface area contributed by atoms with Crippen molar-refractivity contribution in [3.63, 3.8) is 0 Å². The highest BCUT2D eigenvalue weighted by molar-refractivity contribution is 5.80. The van der Waals surface area contributed by atoms with Crippen LogP contribution < -0.4 is 0 Å². The molecule has 0 radical (unpaired) electrons. The molecule has 0 N–H and O–H groups in total. The normalized spacial score (nSPS) is 11.6. The summed E-state index contributed by atoms with van der Waals surface area (Å²) in [5.74, 6) is 1.11. The Morgan fingerprint density at radius 3 is 2.50 bits per heavy atom. The molecule has 0 aliphatic carbocycles. The molecule has 2 heteroatoms. The summed E-state index contributed by atoms with van der Waals surface area (Å²) in [6.07, 6.45) is 1.08. The van der Waals surface area contributed by atoms with E-state index in [1.807, 2.05) is 0 Å². The minimum absolute atomic E-state index is 0.469. The first kappa shape index (κ1) is 11.2. The summed E-state index contributed by atoms with van der Waals surface area (Å²) in [4.78, 5) is 4.67. The number of aromatic nitrogens is 2. The summed E-state index contributed by atoms with van der Waals surface area (Å²) in [5.41, 5.74) is 5.12. The van der Waals surface area contributed by atoms with Crippen LogP contribution in [0.4, 0.5) is 0 Å². The lowest BCUT2D eigenvalue weighted by atomic mass is 10.1. The van der Waals surface area contributed by atoms with Crippen LogP contribution in [0.2, 0.25) is 0 Å². The van der Waals surface area contributed by atoms with Crippen LogP contribution in [-0.2, 0) is 6.42 Å². The number of benzene rings is 1. The standard InChI is InChI=1S/C14H20N2/c1-6-12-7-10(4)14-13(8-12)16(9(2)3)11(5)15-14/h7-9H,6H2,1-5H3. The molecule has 0 atom stereocenters. The van der Waals surface area contributed by atoms with E-state index in [0.29, 0.717) is 6.04 Å². The fourth-order valence-corrected chi connectivity index (χ4v) is 2.41. The van der Waals surface area contributed by atoms with Crippen molar-refractivity contribution in [3.05, 3.63) is 29.1 Å². The number of aryl methyl sites for hydroxylation is 3. The van der Waals surface area contributed by atoms with Crippen molar-refractivity contribution in [1.82, 2.24) is 9.55 Å². The molecule has 2 nitrogen and oxygen atoms in total. The monoisotopic (exact) mass is 216 g/mol. The van der Waals surface area contributed by atoms with Gasteiger partial charge in [-0.3, -0.25) is 0 Å². The molecular formula is C14H20N2. The van der Waals surface area contributed by atoms with Gasteiger partial charge in [0.15, 0.2) is 0 Å². The van der Waals surface area contributed by atoms with Crippen LogP contribution in [0.1, 0.15) is 43.8 Å². The highest BCUT2D eigenvalue weighted by Crippen LogP contribution is 2.25. The maximum absolute atomic E-state index is 4.67. The summed E-state index contributed by atoms with van der Waals surface area (Å²) >= 11 is 0. The maximum atomic E-state index is 4.67. The van der Waals surface area contributed by atoms with Gasteiger partial charge in [0.1, 0.15) is 5.82 Å². The molecule has 0 saturated carbocycles. The maximum Gasteiger partial charge on any atom is 0.106 e. The van der Waals surface area contributed by atoms with Crippen LogP contribution in [-0.4, -0.2) is 9.55 Å². The third kappa shape index (κ3) is 1.62. The number of hydrogen-bond donors (Lipinski definition) is 0.